The number of aromatic nitrogens is 5. The number of nitrogens with zero attached hydrogens (tertiary/aromatic N) is 5. The Morgan fingerprint density at radius 3 is 1.78 bits per heavy atom. The second-order valence-electron chi connectivity index (χ2n) is 23.4. The van der Waals surface area contributed by atoms with Gasteiger partial charge in [-0.05, 0) is 110 Å². The van der Waals surface area contributed by atoms with Gasteiger partial charge in [0.2, 0.25) is 0 Å². The van der Waals surface area contributed by atoms with Crippen LogP contribution >= 0.6 is 0 Å². The van der Waals surface area contributed by atoms with Gasteiger partial charge in [0.15, 0.2) is 0 Å². The topological polar surface area (TPSA) is 40.8 Å². The standard InChI is InChI=1S/C73H65N5O/c1-47(2)48(3)50-37-38-74-69(41-50)78-64-34-18-15-29-61(64)70-67(77-62-32-16-13-27-59(62)60-28-14-17-33-63(60)77)44-56(45-68(70)78)79-55-26-21-25-54(43-55)75-46-76(66-36-20-19-35-65(66)75)71-57(49-23-11-10-12-24-49)30-22-31-58(71)51-39-52(72(4,5)6)42-53(40-51)73(7,8)9/h10-45,47-48H,1-9H3/i10D,11D,12D,23D,24D. The molecule has 0 aliphatic carbocycles. The molecule has 4 aromatic heterocycles. The quantitative estimate of drug-likeness (QED) is 0.101. The summed E-state index contributed by atoms with van der Waals surface area (Å²) >= 11 is 0. The van der Waals surface area contributed by atoms with E-state index in [1.165, 1.54) is 5.56 Å². The van der Waals surface area contributed by atoms with Crippen LogP contribution < -0.4 is 9.30 Å². The average molecular weight is 1030 g/mol. The Labute approximate surface area is 470 Å². The van der Waals surface area contributed by atoms with Crippen LogP contribution in [-0.4, -0.2) is 18.7 Å². The van der Waals surface area contributed by atoms with E-state index in [9.17, 15) is 2.74 Å². The van der Waals surface area contributed by atoms with Crippen molar-refractivity contribution in [1.82, 2.24) is 18.7 Å². The summed E-state index contributed by atoms with van der Waals surface area (Å²) < 4.78 is 60.8. The van der Waals surface area contributed by atoms with E-state index < -0.39 is 18.1 Å². The van der Waals surface area contributed by atoms with E-state index in [0.717, 1.165) is 94.1 Å². The van der Waals surface area contributed by atoms with E-state index >= 15 is 0 Å². The van der Waals surface area contributed by atoms with E-state index in [-0.39, 0.29) is 28.5 Å². The van der Waals surface area contributed by atoms with E-state index in [1.54, 1.807) is 0 Å². The molecule has 9 aromatic carbocycles. The van der Waals surface area contributed by atoms with Gasteiger partial charge in [-0.25, -0.2) is 4.98 Å². The molecule has 0 amide bonds. The molecule has 0 radical (unpaired) electrons. The lowest BCUT2D eigenvalue weighted by atomic mass is 9.78. The van der Waals surface area contributed by atoms with E-state index in [2.05, 4.69) is 205 Å². The Hall–Kier alpha value is -9.00. The molecule has 1 atom stereocenters. The highest BCUT2D eigenvalue weighted by Gasteiger charge is 2.26. The largest absolute Gasteiger partial charge is 0.458 e. The number of hydrogen-bond donors (Lipinski definition) is 0. The summed E-state index contributed by atoms with van der Waals surface area (Å²) in [5.41, 5.74) is 13.6. The number of imidazole rings is 1. The number of benzene rings is 9. The molecule has 4 heterocycles. The molecule has 388 valence electrons. The summed E-state index contributed by atoms with van der Waals surface area (Å²) in [7, 11) is 0. The zero-order chi connectivity index (χ0) is 58.7. The lowest BCUT2D eigenvalue weighted by Gasteiger charge is -2.27. The van der Waals surface area contributed by atoms with Crippen molar-refractivity contribution in [2.24, 2.45) is 5.92 Å². The maximum absolute atomic E-state index is 9.33. The van der Waals surface area contributed by atoms with Crippen LogP contribution in [0.1, 0.15) is 91.8 Å². The normalized spacial score (nSPS) is 13.6. The minimum Gasteiger partial charge on any atom is -0.458 e. The Balaban J connectivity index is 1.03. The molecule has 0 aliphatic rings. The Morgan fingerprint density at radius 1 is 0.532 bits per heavy atom. The van der Waals surface area contributed by atoms with Crippen molar-refractivity contribution in [2.75, 3.05) is 0 Å². The van der Waals surface area contributed by atoms with Gasteiger partial charge in [0.25, 0.3) is 6.33 Å². The third-order valence-electron chi connectivity index (χ3n) is 16.0. The molecule has 6 nitrogen and oxygen atoms in total. The number of pyridine rings is 1. The van der Waals surface area contributed by atoms with Crippen LogP contribution in [0.25, 0.3) is 99.8 Å². The number of para-hydroxylation sites is 6. The molecule has 1 unspecified atom stereocenters. The van der Waals surface area contributed by atoms with Gasteiger partial charge in [-0.3, -0.25) is 13.7 Å². The third-order valence-corrected chi connectivity index (χ3v) is 16.0. The van der Waals surface area contributed by atoms with Crippen LogP contribution in [0.5, 0.6) is 11.5 Å². The van der Waals surface area contributed by atoms with Gasteiger partial charge in [0.05, 0.1) is 57.0 Å². The number of ether oxygens (including phenoxy) is 1. The zero-order valence-corrected chi connectivity index (χ0v) is 46.2. The first-order chi connectivity index (χ1) is 40.3. The van der Waals surface area contributed by atoms with Crippen molar-refractivity contribution in [2.45, 2.75) is 79.1 Å². The highest BCUT2D eigenvalue weighted by Crippen LogP contribution is 2.44. The summed E-state index contributed by atoms with van der Waals surface area (Å²) in [5.74, 6) is 2.81. The Kier molecular flexibility index (Phi) is 10.7. The minimum absolute atomic E-state index is 0.110. The maximum atomic E-state index is 9.33. The van der Waals surface area contributed by atoms with Gasteiger partial charge in [-0.15, -0.1) is 0 Å². The monoisotopic (exact) mass is 1030 g/mol. The fourth-order valence-corrected chi connectivity index (χ4v) is 11.4. The van der Waals surface area contributed by atoms with Gasteiger partial charge in [-0.1, -0.05) is 214 Å². The molecule has 13 rings (SSSR count). The van der Waals surface area contributed by atoms with Crippen molar-refractivity contribution in [1.29, 1.82) is 0 Å². The van der Waals surface area contributed by atoms with Crippen molar-refractivity contribution in [3.8, 4) is 56.6 Å². The molecule has 0 aliphatic heterocycles. The molecule has 79 heavy (non-hydrogen) atoms. The first kappa shape index (κ1) is 44.0. The molecule has 6 heteroatoms. The van der Waals surface area contributed by atoms with E-state index in [1.807, 2.05) is 69.9 Å². The van der Waals surface area contributed by atoms with Crippen LogP contribution in [-0.2, 0) is 10.8 Å². The molecule has 0 saturated heterocycles. The van der Waals surface area contributed by atoms with Crippen LogP contribution in [0.15, 0.2) is 218 Å². The first-order valence-corrected chi connectivity index (χ1v) is 27.4. The molecular weight excluding hydrogens is 963 g/mol. The van der Waals surface area contributed by atoms with Crippen molar-refractivity contribution >= 4 is 54.6 Å². The second-order valence-corrected chi connectivity index (χ2v) is 23.4. The molecule has 0 fully saturated rings. The second kappa shape index (κ2) is 19.2. The predicted octanol–water partition coefficient (Wildman–Crippen LogP) is 18.8. The average Bonchev–Trinajstić information content (AvgIpc) is 4.38. The van der Waals surface area contributed by atoms with Crippen molar-refractivity contribution in [3.05, 3.63) is 241 Å². The van der Waals surface area contributed by atoms with Crippen LogP contribution in [0, 0.1) is 12.2 Å². The fourth-order valence-electron chi connectivity index (χ4n) is 11.4. The zero-order valence-electron chi connectivity index (χ0n) is 51.2. The van der Waals surface area contributed by atoms with Gasteiger partial charge in [0.1, 0.15) is 17.3 Å². The third kappa shape index (κ3) is 8.67. The number of fused-ring (bicyclic) bond motifs is 7. The summed E-state index contributed by atoms with van der Waals surface area (Å²) in [4.78, 5) is 5.08. The maximum Gasteiger partial charge on any atom is 0.269 e. The fraction of sp³-hybridized carbons (Fsp3) is 0.178. The molecule has 0 spiro atoms. The first-order valence-electron chi connectivity index (χ1n) is 29.9. The predicted molar refractivity (Wildman–Crippen MR) is 328 cm³/mol. The summed E-state index contributed by atoms with van der Waals surface area (Å²) in [6, 6.07) is 61.3. The minimum atomic E-state index is -0.444. The van der Waals surface area contributed by atoms with Crippen LogP contribution in [0.4, 0.5) is 0 Å². The number of rotatable bonds is 10. The SMILES string of the molecule is [2H]c1c([2H])c([2H])c(-c2cccc(-c3cc(C(C)(C)C)cc(C(C)(C)C)c3)c2-[n+]2[c-]n(-c3cccc(Oc4cc(-n5c6ccccc6c6ccccc65)c5c6ccccc6n(-c6cc(C(C)C(C)C)ccn6)c5c4)c3)c3ccccc32)c([2H])c1[2H]. The Morgan fingerprint density at radius 2 is 1.13 bits per heavy atom. The lowest BCUT2D eigenvalue weighted by Crippen LogP contribution is -2.31. The molecular formula is C73H65N5O. The van der Waals surface area contributed by atoms with Gasteiger partial charge < -0.3 is 9.30 Å². The smallest absolute Gasteiger partial charge is 0.269 e. The molecule has 0 bridgehead atoms. The molecule has 13 aromatic rings. The number of hydrogen-bond acceptors (Lipinski definition) is 2. The molecule has 0 N–H and O–H groups in total. The Bertz CT molecular complexity index is 4690. The van der Waals surface area contributed by atoms with E-state index in [4.69, 9.17) is 13.8 Å². The molecule has 0 saturated carbocycles. The van der Waals surface area contributed by atoms with Gasteiger partial charge in [-0.2, -0.15) is 0 Å². The van der Waals surface area contributed by atoms with Crippen LogP contribution in [0.3, 0.4) is 0 Å². The van der Waals surface area contributed by atoms with Gasteiger partial charge >= 0.3 is 0 Å². The van der Waals surface area contributed by atoms with Crippen LogP contribution in [0.2, 0.25) is 0 Å². The summed E-state index contributed by atoms with van der Waals surface area (Å²) in [6.45, 7) is 20.1. The lowest BCUT2D eigenvalue weighted by molar-refractivity contribution is -0.571. The van der Waals surface area contributed by atoms with Gasteiger partial charge in [0, 0.05) is 39.9 Å². The summed E-state index contributed by atoms with van der Waals surface area (Å²) in [5, 5.41) is 4.48. The van der Waals surface area contributed by atoms with Crippen molar-refractivity contribution in [3.63, 3.8) is 0 Å². The van der Waals surface area contributed by atoms with E-state index in [0.29, 0.717) is 34.6 Å². The highest BCUT2D eigenvalue weighted by molar-refractivity contribution is 6.16. The summed E-state index contributed by atoms with van der Waals surface area (Å²) in [6.07, 6.45) is 5.69. The highest BCUT2D eigenvalue weighted by atomic mass is 16.5. The van der Waals surface area contributed by atoms with Crippen molar-refractivity contribution < 1.29 is 16.2 Å².